The number of rotatable bonds is 4. The van der Waals surface area contributed by atoms with Crippen molar-refractivity contribution >= 4 is 0 Å². The van der Waals surface area contributed by atoms with Gasteiger partial charge in [0.1, 0.15) is 6.04 Å². The molecule has 3 nitrogen and oxygen atoms in total. The van der Waals surface area contributed by atoms with Crippen molar-refractivity contribution in [2.45, 2.75) is 19.9 Å². The van der Waals surface area contributed by atoms with Crippen LogP contribution >= 0.6 is 0 Å². The second-order valence-corrected chi connectivity index (χ2v) is 4.72. The van der Waals surface area contributed by atoms with Crippen LogP contribution in [0.15, 0.2) is 0 Å². The minimum Gasteiger partial charge on any atom is -0.309 e. The Morgan fingerprint density at radius 1 is 1.23 bits per heavy atom. The lowest BCUT2D eigenvalue weighted by Gasteiger charge is -2.35. The molecule has 76 valence electrons. The Kier molecular flexibility index (Phi) is 4.38. The van der Waals surface area contributed by atoms with E-state index in [9.17, 15) is 0 Å². The Labute approximate surface area is 81.9 Å². The summed E-state index contributed by atoms with van der Waals surface area (Å²) in [6.45, 7) is 5.17. The number of nitriles is 1. The van der Waals surface area contributed by atoms with Gasteiger partial charge in [0.2, 0.25) is 0 Å². The summed E-state index contributed by atoms with van der Waals surface area (Å²) in [4.78, 5) is 4.09. The molecule has 0 aliphatic heterocycles. The highest BCUT2D eigenvalue weighted by Crippen LogP contribution is 2.23. The largest absolute Gasteiger partial charge is 0.309 e. The molecule has 0 radical (unpaired) electrons. The Morgan fingerprint density at radius 2 is 1.69 bits per heavy atom. The molecule has 0 fully saturated rings. The molecule has 0 aromatic heterocycles. The van der Waals surface area contributed by atoms with Crippen LogP contribution in [0.3, 0.4) is 0 Å². The molecule has 0 N–H and O–H groups in total. The summed E-state index contributed by atoms with van der Waals surface area (Å²) < 4.78 is 0. The number of hydrogen-bond acceptors (Lipinski definition) is 3. The topological polar surface area (TPSA) is 30.3 Å². The first kappa shape index (κ1) is 12.4. The summed E-state index contributed by atoms with van der Waals surface area (Å²) in [5.41, 5.74) is 0.00174. The predicted molar refractivity (Wildman–Crippen MR) is 55.4 cm³/mol. The van der Waals surface area contributed by atoms with Crippen molar-refractivity contribution in [2.75, 3.05) is 34.7 Å². The van der Waals surface area contributed by atoms with Crippen molar-refractivity contribution in [3.63, 3.8) is 0 Å². The zero-order valence-corrected chi connectivity index (χ0v) is 9.63. The van der Waals surface area contributed by atoms with E-state index in [1.54, 1.807) is 0 Å². The van der Waals surface area contributed by atoms with Crippen LogP contribution in [-0.2, 0) is 0 Å². The van der Waals surface area contributed by atoms with Crippen molar-refractivity contribution in [2.24, 2.45) is 5.41 Å². The van der Waals surface area contributed by atoms with E-state index in [0.717, 1.165) is 6.54 Å². The number of nitrogens with zero attached hydrogens (tertiary/aromatic N) is 3. The van der Waals surface area contributed by atoms with E-state index >= 15 is 0 Å². The molecule has 0 aromatic rings. The van der Waals surface area contributed by atoms with Gasteiger partial charge in [0.25, 0.3) is 0 Å². The predicted octanol–water partition coefficient (Wildman–Crippen LogP) is 1.03. The lowest BCUT2D eigenvalue weighted by Crippen LogP contribution is -2.45. The second kappa shape index (κ2) is 4.59. The monoisotopic (exact) mass is 183 g/mol. The van der Waals surface area contributed by atoms with Gasteiger partial charge in [0.15, 0.2) is 0 Å². The van der Waals surface area contributed by atoms with Crippen LogP contribution in [-0.4, -0.2) is 50.6 Å². The third-order valence-corrected chi connectivity index (χ3v) is 2.10. The molecule has 0 heterocycles. The fourth-order valence-corrected chi connectivity index (χ4v) is 1.89. The minimum atomic E-state index is -0.0325. The highest BCUT2D eigenvalue weighted by molar-refractivity contribution is 5.00. The summed E-state index contributed by atoms with van der Waals surface area (Å²) in [6, 6.07) is 2.31. The first-order valence-electron chi connectivity index (χ1n) is 4.52. The smallest absolute Gasteiger partial charge is 0.104 e. The van der Waals surface area contributed by atoms with E-state index in [2.05, 4.69) is 24.8 Å². The number of hydrogen-bond donors (Lipinski definition) is 0. The lowest BCUT2D eigenvalue weighted by molar-refractivity contribution is 0.139. The van der Waals surface area contributed by atoms with Crippen molar-refractivity contribution < 1.29 is 0 Å². The van der Waals surface area contributed by atoms with E-state index < -0.39 is 0 Å². The van der Waals surface area contributed by atoms with E-state index in [0.29, 0.717) is 0 Å². The lowest BCUT2D eigenvalue weighted by atomic mass is 9.84. The van der Waals surface area contributed by atoms with Gasteiger partial charge >= 0.3 is 0 Å². The molecule has 0 spiro atoms. The Bertz CT molecular complexity index is 189. The average Bonchev–Trinajstić information content (AvgIpc) is 1.82. The zero-order valence-electron chi connectivity index (χ0n) is 9.63. The minimum absolute atomic E-state index is 0.00174. The molecule has 0 bridgehead atoms. The maximum absolute atomic E-state index is 9.03. The van der Waals surface area contributed by atoms with Crippen molar-refractivity contribution in [1.29, 1.82) is 5.26 Å². The molecular weight excluding hydrogens is 162 g/mol. The van der Waals surface area contributed by atoms with Gasteiger partial charge in [0, 0.05) is 12.0 Å². The van der Waals surface area contributed by atoms with E-state index in [1.807, 2.05) is 33.1 Å². The van der Waals surface area contributed by atoms with Crippen LogP contribution in [0.2, 0.25) is 0 Å². The fraction of sp³-hybridized carbons (Fsp3) is 0.900. The summed E-state index contributed by atoms with van der Waals surface area (Å²) in [7, 11) is 7.97. The molecule has 1 atom stereocenters. The maximum Gasteiger partial charge on any atom is 0.104 e. The molecule has 0 aromatic carbocycles. The molecule has 0 amide bonds. The van der Waals surface area contributed by atoms with Crippen LogP contribution < -0.4 is 0 Å². The van der Waals surface area contributed by atoms with Gasteiger partial charge in [-0.3, -0.25) is 4.90 Å². The Morgan fingerprint density at radius 3 is 1.92 bits per heavy atom. The highest BCUT2D eigenvalue weighted by Gasteiger charge is 2.31. The SMILES string of the molecule is CN(C)CC(C)(C)C(C#N)N(C)C. The van der Waals surface area contributed by atoms with Crippen LogP contribution in [0.4, 0.5) is 0 Å². The molecule has 3 heteroatoms. The molecule has 0 aliphatic rings. The zero-order chi connectivity index (χ0) is 10.6. The van der Waals surface area contributed by atoms with E-state index in [4.69, 9.17) is 5.26 Å². The van der Waals surface area contributed by atoms with Crippen molar-refractivity contribution in [1.82, 2.24) is 9.80 Å². The molecule has 0 saturated carbocycles. The standard InChI is InChI=1S/C10H21N3/c1-10(2,8-12(3)4)9(7-11)13(5)6/h9H,8H2,1-6H3. The summed E-state index contributed by atoms with van der Waals surface area (Å²) in [5, 5.41) is 9.03. The summed E-state index contributed by atoms with van der Waals surface area (Å²) in [5.74, 6) is 0. The Balaban J connectivity index is 4.50. The third kappa shape index (κ3) is 3.75. The Hall–Kier alpha value is -0.590. The quantitative estimate of drug-likeness (QED) is 0.652. The second-order valence-electron chi connectivity index (χ2n) is 4.72. The van der Waals surface area contributed by atoms with Gasteiger partial charge in [0.05, 0.1) is 6.07 Å². The van der Waals surface area contributed by atoms with Crippen LogP contribution in [0.1, 0.15) is 13.8 Å². The van der Waals surface area contributed by atoms with Gasteiger partial charge in [-0.1, -0.05) is 13.8 Å². The van der Waals surface area contributed by atoms with Gasteiger partial charge < -0.3 is 4.90 Å². The average molecular weight is 183 g/mol. The van der Waals surface area contributed by atoms with Crippen molar-refractivity contribution in [3.05, 3.63) is 0 Å². The maximum atomic E-state index is 9.03. The molecule has 13 heavy (non-hydrogen) atoms. The van der Waals surface area contributed by atoms with Gasteiger partial charge in [-0.15, -0.1) is 0 Å². The molecule has 0 aliphatic carbocycles. The molecular formula is C10H21N3. The third-order valence-electron chi connectivity index (χ3n) is 2.10. The van der Waals surface area contributed by atoms with Gasteiger partial charge in [-0.25, -0.2) is 0 Å². The van der Waals surface area contributed by atoms with Crippen molar-refractivity contribution in [3.8, 4) is 6.07 Å². The summed E-state index contributed by atoms with van der Waals surface area (Å²) in [6.07, 6.45) is 0. The van der Waals surface area contributed by atoms with Gasteiger partial charge in [-0.05, 0) is 28.2 Å². The molecule has 0 saturated heterocycles. The first-order chi connectivity index (χ1) is 5.81. The molecule has 0 rings (SSSR count). The van der Waals surface area contributed by atoms with Gasteiger partial charge in [-0.2, -0.15) is 5.26 Å². The summed E-state index contributed by atoms with van der Waals surface area (Å²) >= 11 is 0. The van der Waals surface area contributed by atoms with E-state index in [-0.39, 0.29) is 11.5 Å². The normalized spacial score (nSPS) is 14.7. The first-order valence-corrected chi connectivity index (χ1v) is 4.52. The van der Waals surface area contributed by atoms with Crippen LogP contribution in [0.25, 0.3) is 0 Å². The van der Waals surface area contributed by atoms with E-state index in [1.165, 1.54) is 0 Å². The molecule has 1 unspecified atom stereocenters. The van der Waals surface area contributed by atoms with Crippen LogP contribution in [0.5, 0.6) is 0 Å². The van der Waals surface area contributed by atoms with Crippen LogP contribution in [0, 0.1) is 16.7 Å². The highest BCUT2D eigenvalue weighted by atomic mass is 15.1. The fourth-order valence-electron chi connectivity index (χ4n) is 1.89.